The van der Waals surface area contributed by atoms with Gasteiger partial charge in [-0.05, 0) is 41.9 Å². The third-order valence-electron chi connectivity index (χ3n) is 4.75. The van der Waals surface area contributed by atoms with Crippen LogP contribution in [0.3, 0.4) is 0 Å². The molecule has 18 heavy (non-hydrogen) atoms. The first-order chi connectivity index (χ1) is 8.69. The summed E-state index contributed by atoms with van der Waals surface area (Å²) in [6.45, 7) is 9.44. The molecule has 2 saturated heterocycles. The van der Waals surface area contributed by atoms with Gasteiger partial charge in [0, 0.05) is 31.9 Å². The van der Waals surface area contributed by atoms with Crippen LogP contribution in [0.5, 0.6) is 0 Å². The van der Waals surface area contributed by atoms with Crippen molar-refractivity contribution in [1.29, 1.82) is 0 Å². The van der Waals surface area contributed by atoms with Crippen LogP contribution in [0.1, 0.15) is 38.2 Å². The first-order valence-electron chi connectivity index (χ1n) is 7.24. The van der Waals surface area contributed by atoms with Gasteiger partial charge in [0.1, 0.15) is 0 Å². The fourth-order valence-corrected chi connectivity index (χ4v) is 3.14. The molecule has 0 unspecified atom stereocenters. The lowest BCUT2D eigenvalue weighted by Crippen LogP contribution is -2.58. The van der Waals surface area contributed by atoms with Gasteiger partial charge in [0.2, 0.25) is 0 Å². The molecule has 1 N–H and O–H groups in total. The smallest absolute Gasteiger partial charge is 0.0366 e. The van der Waals surface area contributed by atoms with Gasteiger partial charge in [0.15, 0.2) is 0 Å². The molecule has 1 spiro atoms. The average Bonchev–Trinajstić information content (AvgIpc) is 2.37. The maximum Gasteiger partial charge on any atom is 0.0366 e. The molecular weight excluding hydrogens is 220 g/mol. The van der Waals surface area contributed by atoms with E-state index < -0.39 is 0 Å². The number of hydrogen-bond acceptors (Lipinski definition) is 2. The first-order valence-corrected chi connectivity index (χ1v) is 7.24. The molecule has 0 amide bonds. The third-order valence-corrected chi connectivity index (χ3v) is 4.75. The number of anilines is 1. The van der Waals surface area contributed by atoms with Gasteiger partial charge in [0.05, 0.1) is 0 Å². The van der Waals surface area contributed by atoms with Gasteiger partial charge in [-0.25, -0.2) is 0 Å². The molecule has 2 nitrogen and oxygen atoms in total. The van der Waals surface area contributed by atoms with Crippen molar-refractivity contribution in [3.63, 3.8) is 0 Å². The van der Waals surface area contributed by atoms with Crippen LogP contribution in [-0.4, -0.2) is 26.2 Å². The summed E-state index contributed by atoms with van der Waals surface area (Å²) >= 11 is 0. The Labute approximate surface area is 110 Å². The summed E-state index contributed by atoms with van der Waals surface area (Å²) in [6, 6.07) is 9.17. The molecule has 0 atom stereocenters. The van der Waals surface area contributed by atoms with Crippen molar-refractivity contribution >= 4 is 5.69 Å². The number of rotatable bonds is 2. The first kappa shape index (κ1) is 12.0. The Hall–Kier alpha value is -1.02. The Bertz CT molecular complexity index is 394. The van der Waals surface area contributed by atoms with Crippen LogP contribution >= 0.6 is 0 Å². The highest BCUT2D eigenvalue weighted by Gasteiger charge is 2.39. The fourth-order valence-electron chi connectivity index (χ4n) is 3.14. The SMILES string of the molecule is CC(C)c1ccc(N2CCC3(CC2)CNC3)cc1. The summed E-state index contributed by atoms with van der Waals surface area (Å²) < 4.78 is 0. The predicted octanol–water partition coefficient (Wildman–Crippen LogP) is 3.00. The van der Waals surface area contributed by atoms with Gasteiger partial charge in [-0.2, -0.15) is 0 Å². The highest BCUT2D eigenvalue weighted by atomic mass is 15.2. The van der Waals surface area contributed by atoms with Crippen LogP contribution in [0.15, 0.2) is 24.3 Å². The average molecular weight is 244 g/mol. The molecule has 2 aliphatic heterocycles. The van der Waals surface area contributed by atoms with Crippen LogP contribution in [0, 0.1) is 5.41 Å². The molecule has 2 fully saturated rings. The van der Waals surface area contributed by atoms with Crippen molar-refractivity contribution in [1.82, 2.24) is 5.32 Å². The number of hydrogen-bond donors (Lipinski definition) is 1. The largest absolute Gasteiger partial charge is 0.371 e. The van der Waals surface area contributed by atoms with Crippen LogP contribution < -0.4 is 10.2 Å². The fraction of sp³-hybridized carbons (Fsp3) is 0.625. The number of nitrogens with one attached hydrogen (secondary N) is 1. The van der Waals surface area contributed by atoms with Gasteiger partial charge in [-0.15, -0.1) is 0 Å². The van der Waals surface area contributed by atoms with Gasteiger partial charge in [-0.1, -0.05) is 26.0 Å². The van der Waals surface area contributed by atoms with Crippen LogP contribution in [0.4, 0.5) is 5.69 Å². The maximum atomic E-state index is 3.43. The number of piperidine rings is 1. The van der Waals surface area contributed by atoms with Crippen molar-refractivity contribution in [2.45, 2.75) is 32.6 Å². The molecule has 0 aromatic heterocycles. The number of benzene rings is 1. The lowest BCUT2D eigenvalue weighted by atomic mass is 9.73. The molecular formula is C16H24N2. The van der Waals surface area contributed by atoms with Gasteiger partial charge >= 0.3 is 0 Å². The molecule has 2 aliphatic rings. The molecule has 1 aromatic rings. The van der Waals surface area contributed by atoms with Crippen molar-refractivity contribution < 1.29 is 0 Å². The predicted molar refractivity (Wildman–Crippen MR) is 77.3 cm³/mol. The minimum atomic E-state index is 0.629. The lowest BCUT2D eigenvalue weighted by Gasteiger charge is -2.49. The second kappa shape index (κ2) is 4.58. The molecule has 0 radical (unpaired) electrons. The van der Waals surface area contributed by atoms with E-state index in [0.29, 0.717) is 11.3 Å². The van der Waals surface area contributed by atoms with Crippen LogP contribution in [0.25, 0.3) is 0 Å². The second-order valence-corrected chi connectivity index (χ2v) is 6.34. The monoisotopic (exact) mass is 244 g/mol. The topological polar surface area (TPSA) is 15.3 Å². The lowest BCUT2D eigenvalue weighted by molar-refractivity contribution is 0.126. The Morgan fingerprint density at radius 3 is 2.11 bits per heavy atom. The van der Waals surface area contributed by atoms with E-state index in [1.54, 1.807) is 0 Å². The maximum absolute atomic E-state index is 3.43. The zero-order valence-electron chi connectivity index (χ0n) is 11.6. The molecule has 1 aromatic carbocycles. The van der Waals surface area contributed by atoms with Gasteiger partial charge in [-0.3, -0.25) is 0 Å². The summed E-state index contributed by atoms with van der Waals surface area (Å²) in [5, 5.41) is 3.43. The summed E-state index contributed by atoms with van der Waals surface area (Å²) in [5.41, 5.74) is 3.49. The quantitative estimate of drug-likeness (QED) is 0.860. The van der Waals surface area contributed by atoms with E-state index in [1.165, 1.54) is 50.3 Å². The minimum Gasteiger partial charge on any atom is -0.371 e. The molecule has 2 heteroatoms. The Morgan fingerprint density at radius 1 is 1.06 bits per heavy atom. The summed E-state index contributed by atoms with van der Waals surface area (Å²) in [4.78, 5) is 2.55. The molecule has 0 bridgehead atoms. The molecule has 0 saturated carbocycles. The Morgan fingerprint density at radius 2 is 1.67 bits per heavy atom. The van der Waals surface area contributed by atoms with E-state index in [1.807, 2.05) is 0 Å². The molecule has 2 heterocycles. The van der Waals surface area contributed by atoms with Crippen molar-refractivity contribution in [3.05, 3.63) is 29.8 Å². The van der Waals surface area contributed by atoms with E-state index >= 15 is 0 Å². The summed E-state index contributed by atoms with van der Waals surface area (Å²) in [7, 11) is 0. The Balaban J connectivity index is 1.65. The van der Waals surface area contributed by atoms with Crippen molar-refractivity contribution in [2.24, 2.45) is 5.41 Å². The van der Waals surface area contributed by atoms with E-state index in [4.69, 9.17) is 0 Å². The highest BCUT2D eigenvalue weighted by Crippen LogP contribution is 2.36. The van der Waals surface area contributed by atoms with E-state index in [9.17, 15) is 0 Å². The second-order valence-electron chi connectivity index (χ2n) is 6.34. The summed E-state index contributed by atoms with van der Waals surface area (Å²) in [6.07, 6.45) is 2.71. The van der Waals surface area contributed by atoms with Gasteiger partial charge < -0.3 is 10.2 Å². The molecule has 0 aliphatic carbocycles. The standard InChI is InChI=1S/C16H24N2/c1-13(2)14-3-5-15(6-4-14)18-9-7-16(8-10-18)11-17-12-16/h3-6,13,17H,7-12H2,1-2H3. The van der Waals surface area contributed by atoms with E-state index in [-0.39, 0.29) is 0 Å². The zero-order valence-corrected chi connectivity index (χ0v) is 11.6. The van der Waals surface area contributed by atoms with Crippen molar-refractivity contribution in [2.75, 3.05) is 31.1 Å². The van der Waals surface area contributed by atoms with E-state index in [0.717, 1.165) is 0 Å². The third kappa shape index (κ3) is 2.14. The molecule has 98 valence electrons. The molecule has 3 rings (SSSR count). The highest BCUT2D eigenvalue weighted by molar-refractivity contribution is 5.48. The normalized spacial score (nSPS) is 22.3. The zero-order chi connectivity index (χ0) is 12.6. The van der Waals surface area contributed by atoms with E-state index in [2.05, 4.69) is 48.3 Å². The number of nitrogens with zero attached hydrogens (tertiary/aromatic N) is 1. The van der Waals surface area contributed by atoms with Crippen molar-refractivity contribution in [3.8, 4) is 0 Å². The Kier molecular flexibility index (Phi) is 3.06. The minimum absolute atomic E-state index is 0.629. The van der Waals surface area contributed by atoms with Gasteiger partial charge in [0.25, 0.3) is 0 Å². The van der Waals surface area contributed by atoms with Crippen LogP contribution in [0.2, 0.25) is 0 Å². The van der Waals surface area contributed by atoms with Crippen LogP contribution in [-0.2, 0) is 0 Å². The summed E-state index contributed by atoms with van der Waals surface area (Å²) in [5.74, 6) is 0.629.